The molecule has 2 N–H and O–H groups in total. The van der Waals surface area contributed by atoms with E-state index in [1.165, 1.54) is 0 Å². The minimum atomic E-state index is -0.398. The van der Waals surface area contributed by atoms with Gasteiger partial charge in [0, 0.05) is 11.4 Å². The number of carbonyl (C=O) groups is 3. The molecule has 1 saturated carbocycles. The highest BCUT2D eigenvalue weighted by Crippen LogP contribution is 2.40. The van der Waals surface area contributed by atoms with Crippen LogP contribution in [0.1, 0.15) is 34.8 Å². The lowest BCUT2D eigenvalue weighted by Crippen LogP contribution is -2.20. The van der Waals surface area contributed by atoms with Crippen LogP contribution in [0.2, 0.25) is 0 Å². The molecule has 0 radical (unpaired) electrons. The number of ether oxygens (including phenoxy) is 1. The van der Waals surface area contributed by atoms with Gasteiger partial charge in [0.25, 0.3) is 0 Å². The van der Waals surface area contributed by atoms with Crippen LogP contribution in [0.3, 0.4) is 0 Å². The zero-order chi connectivity index (χ0) is 20.3. The summed E-state index contributed by atoms with van der Waals surface area (Å²) >= 11 is 0. The number of aryl methyl sites for hydroxylation is 2. The van der Waals surface area contributed by atoms with Gasteiger partial charge in [0.2, 0.25) is 11.8 Å². The van der Waals surface area contributed by atoms with Crippen LogP contribution >= 0.6 is 0 Å². The Morgan fingerprint density at radius 1 is 0.893 bits per heavy atom. The lowest BCUT2D eigenvalue weighted by atomic mass is 10.1. The van der Waals surface area contributed by atoms with Gasteiger partial charge in [0.1, 0.15) is 0 Å². The van der Waals surface area contributed by atoms with Crippen LogP contribution < -0.4 is 10.6 Å². The monoisotopic (exact) mass is 380 g/mol. The van der Waals surface area contributed by atoms with Gasteiger partial charge in [-0.2, -0.15) is 0 Å². The maximum atomic E-state index is 12.4. The van der Waals surface area contributed by atoms with Crippen molar-refractivity contribution in [3.05, 3.63) is 59.2 Å². The van der Waals surface area contributed by atoms with E-state index in [4.69, 9.17) is 4.74 Å². The first-order valence-electron chi connectivity index (χ1n) is 9.35. The standard InChI is InChI=1S/C22H24N2O4/c1-4-28-22(27)15-6-9-16(10-7-15)23-20(25)18-12-19(18)21(26)24-17-8-5-13(2)14(3)11-17/h5-11,18-19H,4,12H2,1-3H3,(H,23,25)(H,24,26). The normalized spacial score (nSPS) is 17.5. The van der Waals surface area contributed by atoms with Crippen LogP contribution in [0.4, 0.5) is 11.4 Å². The van der Waals surface area contributed by atoms with E-state index in [1.54, 1.807) is 31.2 Å². The van der Waals surface area contributed by atoms with Crippen LogP contribution in [0.25, 0.3) is 0 Å². The molecule has 6 heteroatoms. The molecule has 1 fully saturated rings. The Labute approximate surface area is 164 Å². The SMILES string of the molecule is CCOC(=O)c1ccc(NC(=O)C2CC2C(=O)Nc2ccc(C)c(C)c2)cc1. The number of nitrogens with one attached hydrogen (secondary N) is 2. The molecule has 0 heterocycles. The van der Waals surface area contributed by atoms with E-state index >= 15 is 0 Å². The first-order valence-corrected chi connectivity index (χ1v) is 9.35. The van der Waals surface area contributed by atoms with Crippen molar-refractivity contribution in [3.63, 3.8) is 0 Å². The molecule has 2 atom stereocenters. The van der Waals surface area contributed by atoms with E-state index in [1.807, 2.05) is 32.0 Å². The third-order valence-electron chi connectivity index (χ3n) is 4.90. The molecular weight excluding hydrogens is 356 g/mol. The molecule has 3 rings (SSSR count). The molecule has 0 bridgehead atoms. The van der Waals surface area contributed by atoms with E-state index in [-0.39, 0.29) is 23.7 Å². The molecule has 0 aromatic heterocycles. The first kappa shape index (κ1) is 19.6. The smallest absolute Gasteiger partial charge is 0.338 e. The lowest BCUT2D eigenvalue weighted by molar-refractivity contribution is -0.122. The molecule has 146 valence electrons. The van der Waals surface area contributed by atoms with Gasteiger partial charge in [-0.15, -0.1) is 0 Å². The Kier molecular flexibility index (Phi) is 5.78. The summed E-state index contributed by atoms with van der Waals surface area (Å²) in [5, 5.41) is 5.68. The van der Waals surface area contributed by atoms with Crippen LogP contribution in [-0.4, -0.2) is 24.4 Å². The van der Waals surface area contributed by atoms with Gasteiger partial charge < -0.3 is 15.4 Å². The topological polar surface area (TPSA) is 84.5 Å². The Balaban J connectivity index is 1.53. The Morgan fingerprint density at radius 3 is 2.04 bits per heavy atom. The number of hydrogen-bond donors (Lipinski definition) is 2. The minimum Gasteiger partial charge on any atom is -0.462 e. The Hall–Kier alpha value is -3.15. The summed E-state index contributed by atoms with van der Waals surface area (Å²) in [4.78, 5) is 36.4. The molecule has 2 aromatic rings. The highest BCUT2D eigenvalue weighted by atomic mass is 16.5. The quantitative estimate of drug-likeness (QED) is 0.749. The van der Waals surface area contributed by atoms with Crippen LogP contribution in [0.5, 0.6) is 0 Å². The van der Waals surface area contributed by atoms with Crippen molar-refractivity contribution < 1.29 is 19.1 Å². The van der Waals surface area contributed by atoms with Gasteiger partial charge in [0.05, 0.1) is 24.0 Å². The summed E-state index contributed by atoms with van der Waals surface area (Å²) < 4.78 is 4.93. The van der Waals surface area contributed by atoms with Crippen molar-refractivity contribution >= 4 is 29.2 Å². The van der Waals surface area contributed by atoms with Crippen LogP contribution in [-0.2, 0) is 14.3 Å². The molecule has 2 unspecified atom stereocenters. The minimum absolute atomic E-state index is 0.138. The molecule has 0 spiro atoms. The van der Waals surface area contributed by atoms with Gasteiger partial charge in [-0.25, -0.2) is 4.79 Å². The first-order chi connectivity index (χ1) is 13.4. The number of hydrogen-bond acceptors (Lipinski definition) is 4. The molecule has 1 aliphatic rings. The van der Waals surface area contributed by atoms with E-state index in [0.29, 0.717) is 24.3 Å². The third-order valence-corrected chi connectivity index (χ3v) is 4.90. The van der Waals surface area contributed by atoms with Crippen molar-refractivity contribution in [1.29, 1.82) is 0 Å². The van der Waals surface area contributed by atoms with Crippen LogP contribution in [0.15, 0.2) is 42.5 Å². The van der Waals surface area contributed by atoms with Gasteiger partial charge >= 0.3 is 5.97 Å². The predicted octanol–water partition coefficient (Wildman–Crippen LogP) is 3.69. The Bertz CT molecular complexity index is 905. The lowest BCUT2D eigenvalue weighted by Gasteiger charge is -2.08. The highest BCUT2D eigenvalue weighted by molar-refractivity contribution is 6.03. The maximum Gasteiger partial charge on any atom is 0.338 e. The zero-order valence-electron chi connectivity index (χ0n) is 16.2. The van der Waals surface area contributed by atoms with Gasteiger partial charge in [-0.05, 0) is 74.7 Å². The average molecular weight is 380 g/mol. The molecule has 0 aliphatic heterocycles. The van der Waals surface area contributed by atoms with Crippen molar-refractivity contribution in [2.24, 2.45) is 11.8 Å². The summed E-state index contributed by atoms with van der Waals surface area (Å²) in [5.74, 6) is -1.38. The number of rotatable bonds is 6. The maximum absolute atomic E-state index is 12.4. The van der Waals surface area contributed by atoms with Crippen molar-refractivity contribution in [2.45, 2.75) is 27.2 Å². The van der Waals surface area contributed by atoms with Crippen molar-refractivity contribution in [1.82, 2.24) is 0 Å². The van der Waals surface area contributed by atoms with E-state index < -0.39 is 5.97 Å². The number of benzene rings is 2. The second kappa shape index (κ2) is 8.25. The van der Waals surface area contributed by atoms with E-state index in [2.05, 4.69) is 10.6 Å². The summed E-state index contributed by atoms with van der Waals surface area (Å²) in [6.45, 7) is 6.06. The van der Waals surface area contributed by atoms with Gasteiger partial charge in [-0.3, -0.25) is 9.59 Å². The molecular formula is C22H24N2O4. The largest absolute Gasteiger partial charge is 0.462 e. The molecule has 6 nitrogen and oxygen atoms in total. The van der Waals surface area contributed by atoms with E-state index in [0.717, 1.165) is 16.8 Å². The number of amides is 2. The molecule has 2 aromatic carbocycles. The van der Waals surface area contributed by atoms with Crippen molar-refractivity contribution in [3.8, 4) is 0 Å². The molecule has 28 heavy (non-hydrogen) atoms. The van der Waals surface area contributed by atoms with E-state index in [9.17, 15) is 14.4 Å². The van der Waals surface area contributed by atoms with Gasteiger partial charge in [-0.1, -0.05) is 6.07 Å². The fourth-order valence-electron chi connectivity index (χ4n) is 2.97. The summed E-state index contributed by atoms with van der Waals surface area (Å²) in [7, 11) is 0. The number of anilines is 2. The van der Waals surface area contributed by atoms with Crippen LogP contribution in [0, 0.1) is 25.7 Å². The predicted molar refractivity (Wildman–Crippen MR) is 107 cm³/mol. The fraction of sp³-hybridized carbons (Fsp3) is 0.318. The number of carbonyl (C=O) groups excluding carboxylic acids is 3. The number of esters is 1. The van der Waals surface area contributed by atoms with Gasteiger partial charge in [0.15, 0.2) is 0 Å². The second-order valence-electron chi connectivity index (χ2n) is 7.02. The zero-order valence-corrected chi connectivity index (χ0v) is 16.2. The third kappa shape index (κ3) is 4.57. The summed E-state index contributed by atoms with van der Waals surface area (Å²) in [6.07, 6.45) is 0.531. The Morgan fingerprint density at radius 2 is 1.46 bits per heavy atom. The second-order valence-corrected chi connectivity index (χ2v) is 7.02. The molecule has 2 amide bonds. The summed E-state index contributed by atoms with van der Waals surface area (Å²) in [6, 6.07) is 12.3. The molecule has 0 saturated heterocycles. The average Bonchev–Trinajstić information content (AvgIpc) is 3.47. The van der Waals surface area contributed by atoms with Crippen molar-refractivity contribution in [2.75, 3.05) is 17.2 Å². The molecule has 1 aliphatic carbocycles. The highest BCUT2D eigenvalue weighted by Gasteiger charge is 2.48. The fourth-order valence-corrected chi connectivity index (χ4v) is 2.97. The summed E-state index contributed by atoms with van der Waals surface area (Å²) in [5.41, 5.74) is 4.02.